The summed E-state index contributed by atoms with van der Waals surface area (Å²) in [5.41, 5.74) is 5.82. The van der Waals surface area contributed by atoms with Gasteiger partial charge in [0.2, 0.25) is 0 Å². The molecule has 2 N–H and O–H groups in total. The Morgan fingerprint density at radius 3 is 2.77 bits per heavy atom. The summed E-state index contributed by atoms with van der Waals surface area (Å²) in [4.78, 5) is 7.48. The summed E-state index contributed by atoms with van der Waals surface area (Å²) in [6.07, 6.45) is 5.45. The van der Waals surface area contributed by atoms with Gasteiger partial charge in [0.15, 0.2) is 0 Å². The van der Waals surface area contributed by atoms with E-state index < -0.39 is 11.6 Å². The Balaban J connectivity index is 1.84. The zero-order valence-corrected chi connectivity index (χ0v) is 15.6. The minimum absolute atomic E-state index is 0.310. The zero-order chi connectivity index (χ0) is 18.3. The summed E-state index contributed by atoms with van der Waals surface area (Å²) < 4.78 is 0. The summed E-state index contributed by atoms with van der Waals surface area (Å²) in [6.45, 7) is 1.97. The van der Waals surface area contributed by atoms with E-state index in [9.17, 15) is 5.11 Å². The second-order valence-corrected chi connectivity index (χ2v) is 7.29. The highest BCUT2D eigenvalue weighted by Gasteiger charge is 2.54. The van der Waals surface area contributed by atoms with Crippen molar-refractivity contribution in [3.8, 4) is 0 Å². The number of benzene rings is 2. The van der Waals surface area contributed by atoms with E-state index in [0.717, 1.165) is 18.5 Å². The smallest absolute Gasteiger partial charge is 0.108 e. The topological polar surface area (TPSA) is 44.7 Å². The molecule has 2 aromatic rings. The highest BCUT2D eigenvalue weighted by Crippen LogP contribution is 2.47. The lowest BCUT2D eigenvalue weighted by Crippen LogP contribution is -2.55. The predicted molar refractivity (Wildman–Crippen MR) is 105 cm³/mol. The molecule has 0 amide bonds. The molecule has 2 unspecified atom stereocenters. The van der Waals surface area contributed by atoms with Gasteiger partial charge in [-0.05, 0) is 54.8 Å². The molecule has 2 aliphatic rings. The average Bonchev–Trinajstić information content (AvgIpc) is 2.81. The van der Waals surface area contributed by atoms with Gasteiger partial charge in [-0.2, -0.15) is 0 Å². The van der Waals surface area contributed by atoms with E-state index in [2.05, 4.69) is 66.0 Å². The molecule has 2 heterocycles. The van der Waals surface area contributed by atoms with Gasteiger partial charge in [-0.25, -0.2) is 0 Å². The van der Waals surface area contributed by atoms with E-state index in [1.165, 1.54) is 21.9 Å². The fraction of sp³-hybridized carbons (Fsp3) is 0.364. The second kappa shape index (κ2) is 6.54. The van der Waals surface area contributed by atoms with Crippen LogP contribution in [-0.4, -0.2) is 41.8 Å². The molecule has 0 aliphatic carbocycles. The zero-order valence-electron chi connectivity index (χ0n) is 15.6. The maximum atomic E-state index is 11.0. The van der Waals surface area contributed by atoms with Gasteiger partial charge in [-0.3, -0.25) is 15.2 Å². The summed E-state index contributed by atoms with van der Waals surface area (Å²) in [7, 11) is 3.70. The van der Waals surface area contributed by atoms with E-state index in [0.29, 0.717) is 6.04 Å². The van der Waals surface area contributed by atoms with Gasteiger partial charge < -0.3 is 5.11 Å². The van der Waals surface area contributed by atoms with Crippen molar-refractivity contribution < 1.29 is 9.94 Å². The Kier molecular flexibility index (Phi) is 4.35. The van der Waals surface area contributed by atoms with Gasteiger partial charge >= 0.3 is 0 Å². The molecule has 4 nitrogen and oxygen atoms in total. The lowest BCUT2D eigenvalue weighted by molar-refractivity contribution is 0.0454. The van der Waals surface area contributed by atoms with Gasteiger partial charge in [-0.15, -0.1) is 0 Å². The van der Waals surface area contributed by atoms with E-state index in [1.807, 2.05) is 13.0 Å². The van der Waals surface area contributed by atoms with Crippen LogP contribution in [0.1, 0.15) is 25.3 Å². The molecule has 2 bridgehead atoms. The summed E-state index contributed by atoms with van der Waals surface area (Å²) >= 11 is 0. The Hall–Kier alpha value is -2.14. The van der Waals surface area contributed by atoms with Crippen LogP contribution in [0.2, 0.25) is 0 Å². The summed E-state index contributed by atoms with van der Waals surface area (Å²) in [5, 5.41) is 13.5. The normalized spacial score (nSPS) is 29.1. The molecule has 1 saturated heterocycles. The highest BCUT2D eigenvalue weighted by molar-refractivity contribution is 5.86. The standard InChI is InChI=1S/C22H26N2O2/c1-4-20(23-26-3)22-14-18(12-19(24(22)2)13-21(22)25)17-10-9-15-7-5-6-8-16(15)11-17/h4-11,14,19,21,23,25H,12-13H2,1-3H3/t19?,21?,22-/m1/s1. The summed E-state index contributed by atoms with van der Waals surface area (Å²) in [5.74, 6) is 0. The van der Waals surface area contributed by atoms with Crippen LogP contribution in [0.25, 0.3) is 16.3 Å². The SMILES string of the molecule is CC=C(NOC)[C@]12C=C(c3ccc4ccccc4c3)CC(CC1O)N2C. The number of fused-ring (bicyclic) bond motifs is 3. The van der Waals surface area contributed by atoms with Crippen molar-refractivity contribution in [3.05, 3.63) is 65.9 Å². The number of aliphatic hydroxyl groups excluding tert-OH is 1. The van der Waals surface area contributed by atoms with Gasteiger partial charge in [0.1, 0.15) is 5.54 Å². The van der Waals surface area contributed by atoms with E-state index in [-0.39, 0.29) is 0 Å². The molecule has 1 fully saturated rings. The van der Waals surface area contributed by atoms with Crippen LogP contribution in [0.3, 0.4) is 0 Å². The molecule has 26 heavy (non-hydrogen) atoms. The minimum Gasteiger partial charge on any atom is -0.390 e. The van der Waals surface area contributed by atoms with Crippen molar-refractivity contribution >= 4 is 16.3 Å². The number of rotatable bonds is 4. The van der Waals surface area contributed by atoms with Crippen molar-refractivity contribution in [3.63, 3.8) is 0 Å². The van der Waals surface area contributed by atoms with Crippen molar-refractivity contribution in [2.24, 2.45) is 0 Å². The molecule has 4 rings (SSSR count). The predicted octanol–water partition coefficient (Wildman–Crippen LogP) is 3.49. The van der Waals surface area contributed by atoms with Crippen LogP contribution in [0.5, 0.6) is 0 Å². The lowest BCUT2D eigenvalue weighted by Gasteiger charge is -2.43. The number of hydrogen-bond acceptors (Lipinski definition) is 4. The van der Waals surface area contributed by atoms with Crippen LogP contribution < -0.4 is 5.48 Å². The molecule has 0 saturated carbocycles. The molecule has 0 radical (unpaired) electrons. The molecule has 2 aliphatic heterocycles. The van der Waals surface area contributed by atoms with Crippen molar-refractivity contribution in [2.75, 3.05) is 14.2 Å². The van der Waals surface area contributed by atoms with E-state index in [1.54, 1.807) is 7.11 Å². The highest BCUT2D eigenvalue weighted by atomic mass is 16.6. The largest absolute Gasteiger partial charge is 0.390 e. The molecule has 2 aromatic carbocycles. The first kappa shape index (κ1) is 17.3. The number of hydroxylamine groups is 1. The van der Waals surface area contributed by atoms with E-state index >= 15 is 0 Å². The van der Waals surface area contributed by atoms with Crippen molar-refractivity contribution in [1.82, 2.24) is 10.4 Å². The van der Waals surface area contributed by atoms with Crippen LogP contribution in [0, 0.1) is 0 Å². The molecule has 0 aromatic heterocycles. The Morgan fingerprint density at radius 1 is 1.27 bits per heavy atom. The van der Waals surface area contributed by atoms with Crippen molar-refractivity contribution in [1.29, 1.82) is 0 Å². The molecular formula is C22H26N2O2. The second-order valence-electron chi connectivity index (χ2n) is 7.29. The van der Waals surface area contributed by atoms with Gasteiger partial charge in [-0.1, -0.05) is 48.6 Å². The Bertz CT molecular complexity index is 889. The van der Waals surface area contributed by atoms with E-state index in [4.69, 9.17) is 4.84 Å². The first-order valence-electron chi connectivity index (χ1n) is 9.18. The maximum absolute atomic E-state index is 11.0. The number of hydrogen-bond donors (Lipinski definition) is 2. The fourth-order valence-electron chi connectivity index (χ4n) is 4.65. The average molecular weight is 350 g/mol. The van der Waals surface area contributed by atoms with Gasteiger partial charge in [0.25, 0.3) is 0 Å². The molecule has 4 heteroatoms. The number of nitrogens with one attached hydrogen (secondary N) is 1. The third-order valence-electron chi connectivity index (χ3n) is 6.04. The third kappa shape index (κ3) is 2.49. The number of aliphatic hydroxyl groups is 1. The van der Waals surface area contributed by atoms with Crippen LogP contribution in [0.15, 0.2) is 60.3 Å². The quantitative estimate of drug-likeness (QED) is 0.829. The Morgan fingerprint density at radius 2 is 2.04 bits per heavy atom. The van der Waals surface area contributed by atoms with Crippen LogP contribution in [0.4, 0.5) is 0 Å². The first-order valence-corrected chi connectivity index (χ1v) is 9.18. The molecule has 3 atom stereocenters. The Labute approximate surface area is 154 Å². The number of likely N-dealkylation sites (N-methyl/N-ethyl adjacent to an activating group) is 1. The fourth-order valence-corrected chi connectivity index (χ4v) is 4.65. The summed E-state index contributed by atoms with van der Waals surface area (Å²) in [6, 6.07) is 15.4. The molecule has 136 valence electrons. The minimum atomic E-state index is -0.575. The third-order valence-corrected chi connectivity index (χ3v) is 6.04. The van der Waals surface area contributed by atoms with Gasteiger partial charge in [0, 0.05) is 6.04 Å². The first-order chi connectivity index (χ1) is 12.6. The number of allylic oxidation sites excluding steroid dienone is 1. The molecular weight excluding hydrogens is 324 g/mol. The number of nitrogens with zero attached hydrogens (tertiary/aromatic N) is 1. The van der Waals surface area contributed by atoms with Crippen LogP contribution >= 0.6 is 0 Å². The van der Waals surface area contributed by atoms with Gasteiger partial charge in [0.05, 0.1) is 18.9 Å². The van der Waals surface area contributed by atoms with Crippen molar-refractivity contribution in [2.45, 2.75) is 37.5 Å². The molecule has 0 spiro atoms. The monoisotopic (exact) mass is 350 g/mol. The maximum Gasteiger partial charge on any atom is 0.108 e. The van der Waals surface area contributed by atoms with Crippen LogP contribution in [-0.2, 0) is 4.84 Å². The lowest BCUT2D eigenvalue weighted by atomic mass is 9.84.